The maximum Gasteiger partial charge on any atom is 0.241 e. The molecule has 0 amide bonds. The minimum atomic E-state index is -3.63. The third-order valence-corrected chi connectivity index (χ3v) is 5.23. The molecular weight excluding hydrogens is 330 g/mol. The van der Waals surface area contributed by atoms with Crippen LogP contribution in [-0.2, 0) is 10.0 Å². The van der Waals surface area contributed by atoms with Crippen molar-refractivity contribution in [2.45, 2.75) is 24.8 Å². The lowest BCUT2D eigenvalue weighted by molar-refractivity contribution is 0.174. The number of nitrogens with one attached hydrogen (secondary N) is 1. The third kappa shape index (κ3) is 3.47. The van der Waals surface area contributed by atoms with Gasteiger partial charge in [-0.3, -0.25) is 0 Å². The van der Waals surface area contributed by atoms with Crippen LogP contribution in [0.5, 0.6) is 17.2 Å². The maximum atomic E-state index is 12.5. The second-order valence-electron chi connectivity index (χ2n) is 5.36. The Morgan fingerprint density at radius 3 is 2.54 bits per heavy atom. The van der Waals surface area contributed by atoms with Gasteiger partial charge >= 0.3 is 0 Å². The van der Waals surface area contributed by atoms with E-state index in [1.54, 1.807) is 31.2 Å². The summed E-state index contributed by atoms with van der Waals surface area (Å²) in [5.74, 6) is 1.93. The first kappa shape index (κ1) is 16.6. The van der Waals surface area contributed by atoms with Crippen LogP contribution in [0.2, 0.25) is 0 Å². The molecule has 0 saturated carbocycles. The van der Waals surface area contributed by atoms with E-state index in [0.29, 0.717) is 23.9 Å². The fourth-order valence-corrected chi connectivity index (χ4v) is 3.66. The summed E-state index contributed by atoms with van der Waals surface area (Å²) in [6, 6.07) is 11.3. The van der Waals surface area contributed by atoms with Gasteiger partial charge in [-0.1, -0.05) is 6.07 Å². The standard InChI is InChI=1S/C17H19NO5S/c1-3-21-14-5-7-15(8-6-14)24(19,20)18-12(2)13-4-9-16-17(10-13)23-11-22-16/h4-10,12,18H,3,11H2,1-2H3. The maximum absolute atomic E-state index is 12.5. The van der Waals surface area contributed by atoms with Gasteiger partial charge in [0.15, 0.2) is 11.5 Å². The number of sulfonamides is 1. The molecule has 24 heavy (non-hydrogen) atoms. The van der Waals surface area contributed by atoms with Crippen LogP contribution in [-0.4, -0.2) is 21.8 Å². The summed E-state index contributed by atoms with van der Waals surface area (Å²) in [6.45, 7) is 4.37. The molecule has 7 heteroatoms. The summed E-state index contributed by atoms with van der Waals surface area (Å²) in [4.78, 5) is 0.193. The van der Waals surface area contributed by atoms with Crippen LogP contribution in [0.3, 0.4) is 0 Å². The second kappa shape index (κ2) is 6.70. The molecule has 0 aliphatic carbocycles. The van der Waals surface area contributed by atoms with Gasteiger partial charge in [-0.05, 0) is 55.8 Å². The van der Waals surface area contributed by atoms with Gasteiger partial charge in [0.2, 0.25) is 16.8 Å². The zero-order valence-corrected chi connectivity index (χ0v) is 14.3. The lowest BCUT2D eigenvalue weighted by atomic mass is 10.1. The Morgan fingerprint density at radius 2 is 1.83 bits per heavy atom. The number of rotatable bonds is 6. The lowest BCUT2D eigenvalue weighted by Crippen LogP contribution is -2.26. The van der Waals surface area contributed by atoms with E-state index in [2.05, 4.69) is 4.72 Å². The monoisotopic (exact) mass is 349 g/mol. The highest BCUT2D eigenvalue weighted by molar-refractivity contribution is 7.89. The molecule has 1 N–H and O–H groups in total. The number of hydrogen-bond acceptors (Lipinski definition) is 5. The van der Waals surface area contributed by atoms with Crippen molar-refractivity contribution in [3.8, 4) is 17.2 Å². The van der Waals surface area contributed by atoms with Gasteiger partial charge in [-0.2, -0.15) is 0 Å². The molecule has 1 aliphatic heterocycles. The molecule has 1 aliphatic rings. The van der Waals surface area contributed by atoms with Crippen LogP contribution in [0.4, 0.5) is 0 Å². The molecule has 2 aromatic rings. The van der Waals surface area contributed by atoms with Gasteiger partial charge in [0.05, 0.1) is 11.5 Å². The van der Waals surface area contributed by atoms with Crippen LogP contribution in [0, 0.1) is 0 Å². The third-order valence-electron chi connectivity index (χ3n) is 3.67. The van der Waals surface area contributed by atoms with Gasteiger partial charge in [0.25, 0.3) is 0 Å². The molecule has 1 heterocycles. The average molecular weight is 349 g/mol. The Labute approximate surface area is 141 Å². The Hall–Kier alpha value is -2.25. The molecule has 128 valence electrons. The van der Waals surface area contributed by atoms with Gasteiger partial charge in [0, 0.05) is 6.04 Å². The van der Waals surface area contributed by atoms with Gasteiger partial charge < -0.3 is 14.2 Å². The fourth-order valence-electron chi connectivity index (χ4n) is 2.43. The molecule has 6 nitrogen and oxygen atoms in total. The zero-order chi connectivity index (χ0) is 17.2. The summed E-state index contributed by atoms with van der Waals surface area (Å²) in [7, 11) is -3.63. The smallest absolute Gasteiger partial charge is 0.241 e. The molecule has 0 bridgehead atoms. The molecule has 1 unspecified atom stereocenters. The summed E-state index contributed by atoms with van der Waals surface area (Å²) in [5, 5.41) is 0. The molecule has 3 rings (SSSR count). The van der Waals surface area contributed by atoms with E-state index in [-0.39, 0.29) is 11.7 Å². The topological polar surface area (TPSA) is 73.9 Å². The van der Waals surface area contributed by atoms with E-state index in [1.165, 1.54) is 12.1 Å². The molecule has 0 radical (unpaired) electrons. The van der Waals surface area contributed by atoms with Gasteiger partial charge in [0.1, 0.15) is 5.75 Å². The van der Waals surface area contributed by atoms with Crippen LogP contribution in [0.25, 0.3) is 0 Å². The molecule has 2 aromatic carbocycles. The first-order valence-electron chi connectivity index (χ1n) is 7.64. The van der Waals surface area contributed by atoms with E-state index in [9.17, 15) is 8.42 Å². The van der Waals surface area contributed by atoms with Crippen molar-refractivity contribution in [1.29, 1.82) is 0 Å². The summed E-state index contributed by atoms with van der Waals surface area (Å²) in [6.07, 6.45) is 0. The number of hydrogen-bond donors (Lipinski definition) is 1. The van der Waals surface area contributed by atoms with Crippen molar-refractivity contribution >= 4 is 10.0 Å². The number of ether oxygens (including phenoxy) is 3. The Balaban J connectivity index is 1.76. The molecule has 0 spiro atoms. The Kier molecular flexibility index (Phi) is 4.64. The minimum absolute atomic E-state index is 0.186. The van der Waals surface area contributed by atoms with Crippen molar-refractivity contribution in [3.05, 3.63) is 48.0 Å². The highest BCUT2D eigenvalue weighted by Crippen LogP contribution is 2.34. The molecular formula is C17H19NO5S. The van der Waals surface area contributed by atoms with Crippen molar-refractivity contribution < 1.29 is 22.6 Å². The van der Waals surface area contributed by atoms with Gasteiger partial charge in [-0.25, -0.2) is 13.1 Å². The van der Waals surface area contributed by atoms with Crippen LogP contribution >= 0.6 is 0 Å². The first-order valence-corrected chi connectivity index (χ1v) is 9.12. The fraction of sp³-hybridized carbons (Fsp3) is 0.294. The Bertz CT molecular complexity index is 817. The van der Waals surface area contributed by atoms with Gasteiger partial charge in [-0.15, -0.1) is 0 Å². The molecule has 0 fully saturated rings. The highest BCUT2D eigenvalue weighted by Gasteiger charge is 2.21. The van der Waals surface area contributed by atoms with E-state index in [4.69, 9.17) is 14.2 Å². The summed E-state index contributed by atoms with van der Waals surface area (Å²) >= 11 is 0. The SMILES string of the molecule is CCOc1ccc(S(=O)(=O)NC(C)c2ccc3c(c2)OCO3)cc1. The largest absolute Gasteiger partial charge is 0.494 e. The minimum Gasteiger partial charge on any atom is -0.494 e. The van der Waals surface area contributed by atoms with E-state index in [0.717, 1.165) is 5.56 Å². The van der Waals surface area contributed by atoms with Crippen LogP contribution < -0.4 is 18.9 Å². The quantitative estimate of drug-likeness (QED) is 0.868. The normalized spacial score (nSPS) is 14.4. The second-order valence-corrected chi connectivity index (χ2v) is 7.07. The van der Waals surface area contributed by atoms with Crippen molar-refractivity contribution in [2.24, 2.45) is 0 Å². The summed E-state index contributed by atoms with van der Waals surface area (Å²) < 4.78 is 43.6. The molecule has 0 aromatic heterocycles. The highest BCUT2D eigenvalue weighted by atomic mass is 32.2. The summed E-state index contributed by atoms with van der Waals surface area (Å²) in [5.41, 5.74) is 0.800. The van der Waals surface area contributed by atoms with Crippen LogP contribution in [0.15, 0.2) is 47.4 Å². The predicted molar refractivity (Wildman–Crippen MR) is 88.9 cm³/mol. The molecule has 1 atom stereocenters. The average Bonchev–Trinajstić information content (AvgIpc) is 3.03. The van der Waals surface area contributed by atoms with E-state index in [1.807, 2.05) is 13.0 Å². The number of benzene rings is 2. The van der Waals surface area contributed by atoms with Crippen molar-refractivity contribution in [2.75, 3.05) is 13.4 Å². The van der Waals surface area contributed by atoms with Crippen molar-refractivity contribution in [1.82, 2.24) is 4.72 Å². The number of fused-ring (bicyclic) bond motifs is 1. The zero-order valence-electron chi connectivity index (χ0n) is 13.5. The lowest BCUT2D eigenvalue weighted by Gasteiger charge is -2.15. The van der Waals surface area contributed by atoms with Crippen molar-refractivity contribution in [3.63, 3.8) is 0 Å². The predicted octanol–water partition coefficient (Wildman–Crippen LogP) is 2.85. The van der Waals surface area contributed by atoms with E-state index < -0.39 is 16.1 Å². The van der Waals surface area contributed by atoms with Crippen LogP contribution in [0.1, 0.15) is 25.5 Å². The Morgan fingerprint density at radius 1 is 1.12 bits per heavy atom. The van der Waals surface area contributed by atoms with E-state index >= 15 is 0 Å². The molecule has 0 saturated heterocycles. The first-order chi connectivity index (χ1) is 11.5.